The Kier molecular flexibility index (Phi) is 6.37. The standard InChI is InChI=1S/C25H31N7O/c1-16(26)25-21-9-6-18(19-14-29-31(3)15-19)13-22(21)23(10-11-32(25)27)30-20-7-4-17(5-8-20)12-24(33)28-2/h4-9,13-15,23,30H,10-12,26-27H2,1-3H3,(H,28,33)/b25-16-. The second-order valence-corrected chi connectivity index (χ2v) is 8.46. The van der Waals surface area contributed by atoms with Crippen molar-refractivity contribution in [3.05, 3.63) is 77.2 Å². The minimum atomic E-state index is -0.00385. The van der Waals surface area contributed by atoms with Crippen LogP contribution in [0.3, 0.4) is 0 Å². The van der Waals surface area contributed by atoms with Gasteiger partial charge in [0.2, 0.25) is 5.91 Å². The Balaban J connectivity index is 1.70. The van der Waals surface area contributed by atoms with E-state index < -0.39 is 0 Å². The van der Waals surface area contributed by atoms with Gasteiger partial charge in [-0.2, -0.15) is 5.10 Å². The first-order valence-corrected chi connectivity index (χ1v) is 11.0. The van der Waals surface area contributed by atoms with Crippen LogP contribution >= 0.6 is 0 Å². The molecule has 4 rings (SSSR count). The summed E-state index contributed by atoms with van der Waals surface area (Å²) in [5.41, 5.74) is 14.1. The maximum Gasteiger partial charge on any atom is 0.224 e. The highest BCUT2D eigenvalue weighted by Crippen LogP contribution is 2.37. The number of likely N-dealkylation sites (N-methyl/N-ethyl adjacent to an activating group) is 1. The summed E-state index contributed by atoms with van der Waals surface area (Å²) in [6, 6.07) is 14.4. The zero-order valence-electron chi connectivity index (χ0n) is 19.3. The van der Waals surface area contributed by atoms with Crippen molar-refractivity contribution in [3.8, 4) is 11.1 Å². The molecule has 6 N–H and O–H groups in total. The number of aryl methyl sites for hydroxylation is 1. The number of nitrogens with zero attached hydrogens (tertiary/aromatic N) is 3. The molecule has 1 amide bonds. The van der Waals surface area contributed by atoms with Crippen molar-refractivity contribution < 1.29 is 4.79 Å². The molecule has 33 heavy (non-hydrogen) atoms. The van der Waals surface area contributed by atoms with Crippen LogP contribution in [0, 0.1) is 0 Å². The number of rotatable bonds is 5. The van der Waals surface area contributed by atoms with Crippen LogP contribution in [0.2, 0.25) is 0 Å². The van der Waals surface area contributed by atoms with E-state index in [-0.39, 0.29) is 11.9 Å². The number of aromatic nitrogens is 2. The number of carbonyl (C=O) groups is 1. The molecule has 0 fully saturated rings. The van der Waals surface area contributed by atoms with E-state index in [1.165, 1.54) is 0 Å². The first-order valence-electron chi connectivity index (χ1n) is 11.0. The fourth-order valence-corrected chi connectivity index (χ4v) is 4.29. The number of amides is 1. The largest absolute Gasteiger partial charge is 0.401 e. The fourth-order valence-electron chi connectivity index (χ4n) is 4.29. The Morgan fingerprint density at radius 2 is 1.94 bits per heavy atom. The molecular formula is C25H31N7O. The Morgan fingerprint density at radius 1 is 1.18 bits per heavy atom. The minimum absolute atomic E-state index is 0.00385. The second-order valence-electron chi connectivity index (χ2n) is 8.46. The van der Waals surface area contributed by atoms with Crippen molar-refractivity contribution >= 4 is 17.3 Å². The van der Waals surface area contributed by atoms with Gasteiger partial charge in [0.25, 0.3) is 0 Å². The molecule has 0 saturated carbocycles. The number of fused-ring (bicyclic) bond motifs is 1. The number of hydrogen-bond acceptors (Lipinski definition) is 6. The minimum Gasteiger partial charge on any atom is -0.401 e. The highest BCUT2D eigenvalue weighted by atomic mass is 16.1. The zero-order chi connectivity index (χ0) is 23.5. The van der Waals surface area contributed by atoms with Crippen LogP contribution in [0.1, 0.15) is 36.1 Å². The normalized spacial score (nSPS) is 17.2. The number of anilines is 1. The molecule has 2 aromatic carbocycles. The molecule has 8 nitrogen and oxygen atoms in total. The zero-order valence-corrected chi connectivity index (χ0v) is 19.3. The third-order valence-corrected chi connectivity index (χ3v) is 5.98. The van der Waals surface area contributed by atoms with E-state index in [0.29, 0.717) is 18.7 Å². The van der Waals surface area contributed by atoms with Crippen molar-refractivity contribution in [2.24, 2.45) is 18.6 Å². The summed E-state index contributed by atoms with van der Waals surface area (Å²) in [6.45, 7) is 2.54. The van der Waals surface area contributed by atoms with Gasteiger partial charge in [0.15, 0.2) is 0 Å². The Labute approximate surface area is 194 Å². The number of benzene rings is 2. The molecule has 0 spiro atoms. The quantitative estimate of drug-likeness (QED) is 0.449. The van der Waals surface area contributed by atoms with Crippen molar-refractivity contribution in [3.63, 3.8) is 0 Å². The molecule has 0 radical (unpaired) electrons. The van der Waals surface area contributed by atoms with Gasteiger partial charge in [0, 0.05) is 49.3 Å². The lowest BCUT2D eigenvalue weighted by Gasteiger charge is -2.22. The molecule has 8 heteroatoms. The van der Waals surface area contributed by atoms with Gasteiger partial charge in [-0.05, 0) is 48.2 Å². The molecule has 1 aliphatic rings. The van der Waals surface area contributed by atoms with Gasteiger partial charge in [-0.25, -0.2) is 5.84 Å². The van der Waals surface area contributed by atoms with E-state index in [2.05, 4.69) is 33.9 Å². The topological polar surface area (TPSA) is 114 Å². The summed E-state index contributed by atoms with van der Waals surface area (Å²) in [5.74, 6) is 6.39. The van der Waals surface area contributed by atoms with Crippen LogP contribution < -0.4 is 22.2 Å². The summed E-state index contributed by atoms with van der Waals surface area (Å²) < 4.78 is 1.80. The lowest BCUT2D eigenvalue weighted by molar-refractivity contribution is -0.119. The van der Waals surface area contributed by atoms with Crippen LogP contribution in [0.5, 0.6) is 0 Å². The molecule has 1 aliphatic heterocycles. The van der Waals surface area contributed by atoms with E-state index in [4.69, 9.17) is 11.6 Å². The summed E-state index contributed by atoms with van der Waals surface area (Å²) in [6.07, 6.45) is 5.04. The summed E-state index contributed by atoms with van der Waals surface area (Å²) >= 11 is 0. The fraction of sp³-hybridized carbons (Fsp3) is 0.280. The van der Waals surface area contributed by atoms with E-state index in [9.17, 15) is 4.79 Å². The third-order valence-electron chi connectivity index (χ3n) is 5.98. The van der Waals surface area contributed by atoms with Crippen molar-refractivity contribution in [1.29, 1.82) is 0 Å². The van der Waals surface area contributed by atoms with Crippen LogP contribution in [-0.2, 0) is 18.3 Å². The molecule has 0 saturated heterocycles. The predicted octanol–water partition coefficient (Wildman–Crippen LogP) is 2.76. The van der Waals surface area contributed by atoms with E-state index in [0.717, 1.165) is 45.6 Å². The van der Waals surface area contributed by atoms with Crippen LogP contribution in [-0.4, -0.2) is 34.3 Å². The molecule has 172 valence electrons. The van der Waals surface area contributed by atoms with Crippen molar-refractivity contribution in [1.82, 2.24) is 20.1 Å². The molecule has 3 aromatic rings. The first-order chi connectivity index (χ1) is 15.9. The number of nitrogens with two attached hydrogens (primary N) is 2. The van der Waals surface area contributed by atoms with Crippen molar-refractivity contribution in [2.45, 2.75) is 25.8 Å². The Bertz CT molecular complexity index is 1180. The molecule has 0 aliphatic carbocycles. The number of hydrogen-bond donors (Lipinski definition) is 4. The van der Waals surface area contributed by atoms with Crippen molar-refractivity contribution in [2.75, 3.05) is 18.9 Å². The van der Waals surface area contributed by atoms with Gasteiger partial charge in [-0.15, -0.1) is 0 Å². The van der Waals surface area contributed by atoms with Gasteiger partial charge >= 0.3 is 0 Å². The lowest BCUT2D eigenvalue weighted by Crippen LogP contribution is -2.31. The van der Waals surface area contributed by atoms with Gasteiger partial charge in [0.05, 0.1) is 24.4 Å². The summed E-state index contributed by atoms with van der Waals surface area (Å²) in [4.78, 5) is 11.7. The van der Waals surface area contributed by atoms with E-state index in [1.54, 1.807) is 16.7 Å². The van der Waals surface area contributed by atoms with E-state index >= 15 is 0 Å². The van der Waals surface area contributed by atoms with E-state index in [1.807, 2.05) is 50.6 Å². The van der Waals surface area contributed by atoms with Crippen LogP contribution in [0.15, 0.2) is 60.6 Å². The smallest absolute Gasteiger partial charge is 0.224 e. The summed E-state index contributed by atoms with van der Waals surface area (Å²) in [7, 11) is 3.56. The lowest BCUT2D eigenvalue weighted by atomic mass is 9.93. The highest BCUT2D eigenvalue weighted by Gasteiger charge is 2.26. The molecule has 2 heterocycles. The van der Waals surface area contributed by atoms with Gasteiger partial charge < -0.3 is 21.4 Å². The van der Waals surface area contributed by atoms with Gasteiger partial charge in [-0.1, -0.05) is 24.3 Å². The number of carbonyl (C=O) groups excluding carboxylic acids is 1. The molecule has 1 atom stereocenters. The highest BCUT2D eigenvalue weighted by molar-refractivity contribution is 5.78. The van der Waals surface area contributed by atoms with Gasteiger partial charge in [0.1, 0.15) is 0 Å². The second kappa shape index (κ2) is 9.38. The average Bonchev–Trinajstić information content (AvgIpc) is 3.18. The predicted molar refractivity (Wildman–Crippen MR) is 132 cm³/mol. The average molecular weight is 446 g/mol. The molecule has 1 unspecified atom stereocenters. The Morgan fingerprint density at radius 3 is 2.58 bits per heavy atom. The monoisotopic (exact) mass is 445 g/mol. The molecule has 0 bridgehead atoms. The number of hydrazine groups is 1. The SMILES string of the molecule is CNC(=O)Cc1ccc(NC2CCN(N)/C(=C(/C)N)c3ccc(-c4cnn(C)c4)cc32)cc1. The Hall–Kier alpha value is -3.78. The number of allylic oxidation sites excluding steroid dienone is 1. The summed E-state index contributed by atoms with van der Waals surface area (Å²) in [5, 5.41) is 12.4. The van der Waals surface area contributed by atoms with Gasteiger partial charge in [-0.3, -0.25) is 9.48 Å². The van der Waals surface area contributed by atoms with Crippen LogP contribution in [0.4, 0.5) is 5.69 Å². The third kappa shape index (κ3) is 4.85. The molecule has 1 aromatic heterocycles. The maximum atomic E-state index is 11.7. The molecular weight excluding hydrogens is 414 g/mol. The van der Waals surface area contributed by atoms with Crippen LogP contribution in [0.25, 0.3) is 16.8 Å². The maximum absolute atomic E-state index is 11.7. The first kappa shape index (κ1) is 22.4. The number of nitrogens with one attached hydrogen (secondary N) is 2.